The molecule has 0 aliphatic rings. The number of nitrogens with one attached hydrogen (secondary N) is 1. The van der Waals surface area contributed by atoms with Gasteiger partial charge in [-0.15, -0.1) is 0 Å². The van der Waals surface area contributed by atoms with Crippen molar-refractivity contribution >= 4 is 74.6 Å². The van der Waals surface area contributed by atoms with Crippen molar-refractivity contribution in [3.05, 3.63) is 126 Å². The molecule has 200 valence electrons. The molecule has 0 heterocycles. The van der Waals surface area contributed by atoms with Crippen molar-refractivity contribution in [1.82, 2.24) is 5.32 Å². The van der Waals surface area contributed by atoms with Crippen LogP contribution in [-0.2, 0) is 9.53 Å². The molecule has 1 unspecified atom stereocenters. The Bertz CT molecular complexity index is 1380. The smallest absolute Gasteiger partial charge is 0.258 e. The van der Waals surface area contributed by atoms with E-state index in [1.807, 2.05) is 110 Å². The Labute approximate surface area is 243 Å². The van der Waals surface area contributed by atoms with Crippen molar-refractivity contribution in [3.8, 4) is 0 Å². The normalized spacial score (nSPS) is 12.4. The quantitative estimate of drug-likeness (QED) is 0.0917. The third-order valence-corrected chi connectivity index (χ3v) is 11.2. The highest BCUT2D eigenvalue weighted by molar-refractivity contribution is 7.97. The third kappa shape index (κ3) is 6.17. The number of alkyl halides is 3. The van der Waals surface area contributed by atoms with E-state index in [1.165, 1.54) is 7.11 Å². The van der Waals surface area contributed by atoms with Gasteiger partial charge in [0.1, 0.15) is 0 Å². The lowest BCUT2D eigenvalue weighted by molar-refractivity contribution is -0.117. The Morgan fingerprint density at radius 2 is 1.13 bits per heavy atom. The van der Waals surface area contributed by atoms with E-state index < -0.39 is 28.6 Å². The van der Waals surface area contributed by atoms with Crippen LogP contribution in [0, 0.1) is 6.92 Å². The molecule has 4 aromatic carbocycles. The summed E-state index contributed by atoms with van der Waals surface area (Å²) in [7, 11) is 1.32. The van der Waals surface area contributed by atoms with E-state index in [-0.39, 0.29) is 5.29 Å². The van der Waals surface area contributed by atoms with Crippen LogP contribution >= 0.6 is 41.7 Å². The van der Waals surface area contributed by atoms with Crippen LogP contribution in [0.2, 0.25) is 0 Å². The molecule has 4 aromatic rings. The van der Waals surface area contributed by atoms with Gasteiger partial charge in [0.05, 0.1) is 5.29 Å². The molecule has 8 heteroatoms. The number of amides is 1. The van der Waals surface area contributed by atoms with Crippen LogP contribution in [-0.4, -0.2) is 34.1 Å². The van der Waals surface area contributed by atoms with Crippen molar-refractivity contribution in [2.24, 2.45) is 0 Å². The number of halogens is 3. The molecule has 39 heavy (non-hydrogen) atoms. The van der Waals surface area contributed by atoms with Crippen molar-refractivity contribution in [1.29, 1.82) is 0 Å². The Morgan fingerprint density at radius 1 is 0.718 bits per heavy atom. The number of benzene rings is 4. The van der Waals surface area contributed by atoms with Gasteiger partial charge < -0.3 is 10.1 Å². The zero-order valence-electron chi connectivity index (χ0n) is 21.4. The topological polar surface area (TPSA) is 55.4 Å². The molecule has 4 rings (SSSR count). The van der Waals surface area contributed by atoms with Crippen LogP contribution in [0.3, 0.4) is 0 Å². The number of Topliss-reactive ketones (excluding diaryl/α,β-unsaturated/α-hetero) is 1. The molecule has 0 aliphatic carbocycles. The fourth-order valence-electron chi connectivity index (χ4n) is 4.50. The SMILES string of the molecule is COC(NC(=O)C(C(=O)c1ccc(C)cc1)=P(c1ccccc1)(c1ccccc1)c1ccccc1)C(Cl)(Cl)Cl. The van der Waals surface area contributed by atoms with Gasteiger partial charge >= 0.3 is 0 Å². The number of methoxy groups -OCH3 is 1. The van der Waals surface area contributed by atoms with Crippen LogP contribution in [0.1, 0.15) is 15.9 Å². The van der Waals surface area contributed by atoms with Gasteiger partial charge in [0.25, 0.3) is 5.91 Å². The molecular weight excluding hydrogens is 572 g/mol. The summed E-state index contributed by atoms with van der Waals surface area (Å²) in [5.41, 5.74) is 1.37. The summed E-state index contributed by atoms with van der Waals surface area (Å²) in [6, 6.07) is 36.0. The van der Waals surface area contributed by atoms with E-state index in [0.29, 0.717) is 5.56 Å². The largest absolute Gasteiger partial charge is 0.357 e. The zero-order valence-corrected chi connectivity index (χ0v) is 24.5. The second-order valence-corrected chi connectivity index (χ2v) is 14.6. The molecule has 0 saturated carbocycles. The number of aryl methyl sites for hydroxylation is 1. The minimum absolute atomic E-state index is 0.0475. The van der Waals surface area contributed by atoms with Gasteiger partial charge in [-0.2, -0.15) is 0 Å². The number of ketones is 1. The first-order chi connectivity index (χ1) is 18.7. The molecular formula is C31H27Cl3NO3P. The maximum atomic E-state index is 14.6. The first-order valence-corrected chi connectivity index (χ1v) is 15.1. The van der Waals surface area contributed by atoms with Crippen molar-refractivity contribution in [3.63, 3.8) is 0 Å². The Morgan fingerprint density at radius 3 is 1.49 bits per heavy atom. The lowest BCUT2D eigenvalue weighted by Gasteiger charge is -2.33. The van der Waals surface area contributed by atoms with Gasteiger partial charge in [-0.3, -0.25) is 9.59 Å². The molecule has 0 bridgehead atoms. The van der Waals surface area contributed by atoms with E-state index in [4.69, 9.17) is 39.5 Å². The van der Waals surface area contributed by atoms with E-state index in [1.54, 1.807) is 12.1 Å². The molecule has 4 nitrogen and oxygen atoms in total. The number of carbonyl (C=O) groups excluding carboxylic acids is 2. The molecule has 0 radical (unpaired) electrons. The van der Waals surface area contributed by atoms with Gasteiger partial charge in [-0.25, -0.2) is 0 Å². The van der Waals surface area contributed by atoms with E-state index in [9.17, 15) is 9.59 Å². The van der Waals surface area contributed by atoms with Gasteiger partial charge in [0.15, 0.2) is 12.0 Å². The predicted octanol–water partition coefficient (Wildman–Crippen LogP) is 5.80. The first kappa shape index (κ1) is 29.1. The van der Waals surface area contributed by atoms with Crippen molar-refractivity contribution < 1.29 is 14.3 Å². The lowest BCUT2D eigenvalue weighted by atomic mass is 10.1. The Balaban J connectivity index is 2.20. The van der Waals surface area contributed by atoms with E-state index in [2.05, 4.69) is 5.32 Å². The van der Waals surface area contributed by atoms with Gasteiger partial charge in [-0.1, -0.05) is 156 Å². The summed E-state index contributed by atoms with van der Waals surface area (Å²) in [6.07, 6.45) is -1.31. The average Bonchev–Trinajstić information content (AvgIpc) is 2.95. The highest BCUT2D eigenvalue weighted by Gasteiger charge is 2.40. The molecule has 0 aromatic heterocycles. The van der Waals surface area contributed by atoms with Gasteiger partial charge in [0, 0.05) is 12.7 Å². The minimum atomic E-state index is -3.10. The molecule has 1 amide bonds. The fraction of sp³-hybridized carbons (Fsp3) is 0.129. The van der Waals surface area contributed by atoms with Crippen LogP contribution in [0.5, 0.6) is 0 Å². The van der Waals surface area contributed by atoms with Crippen LogP contribution < -0.4 is 21.2 Å². The minimum Gasteiger partial charge on any atom is -0.357 e. The maximum Gasteiger partial charge on any atom is 0.258 e. The standard InChI is InChI=1S/C31H27Cl3NO3P/c1-22-18-20-23(21-19-22)27(36)28(29(37)35-30(38-2)31(32,33)34)39(24-12-6-3-7-13-24,25-14-8-4-9-15-25)26-16-10-5-11-17-26/h3-21,30H,1-2H3,(H,35,37). The average molecular weight is 599 g/mol. The summed E-state index contributed by atoms with van der Waals surface area (Å²) in [5, 5.41) is 5.23. The highest BCUT2D eigenvalue weighted by Crippen LogP contribution is 2.47. The fourth-order valence-corrected chi connectivity index (χ4v) is 9.26. The van der Waals surface area contributed by atoms with Crippen molar-refractivity contribution in [2.75, 3.05) is 7.11 Å². The summed E-state index contributed by atoms with van der Waals surface area (Å²) in [6.45, 7) is -1.17. The summed E-state index contributed by atoms with van der Waals surface area (Å²) >= 11 is 18.4. The number of carbonyl (C=O) groups is 2. The number of hydrogen-bond donors (Lipinski definition) is 1. The number of rotatable bonds is 8. The monoisotopic (exact) mass is 597 g/mol. The summed E-state index contributed by atoms with van der Waals surface area (Å²) < 4.78 is 3.35. The number of ether oxygens (including phenoxy) is 1. The second kappa shape index (κ2) is 12.6. The molecule has 1 N–H and O–H groups in total. The third-order valence-electron chi connectivity index (χ3n) is 6.30. The van der Waals surface area contributed by atoms with Crippen molar-refractivity contribution in [2.45, 2.75) is 16.9 Å². The summed E-state index contributed by atoms with van der Waals surface area (Å²) in [4.78, 5) is 29.0. The Hall–Kier alpha value is -2.85. The molecule has 0 saturated heterocycles. The Kier molecular flexibility index (Phi) is 9.38. The molecule has 0 aliphatic heterocycles. The molecule has 1 atom stereocenters. The molecule has 0 fully saturated rings. The predicted molar refractivity (Wildman–Crippen MR) is 165 cm³/mol. The highest BCUT2D eigenvalue weighted by atomic mass is 35.6. The zero-order chi connectivity index (χ0) is 28.0. The lowest BCUT2D eigenvalue weighted by Crippen LogP contribution is -2.50. The first-order valence-electron chi connectivity index (χ1n) is 12.1. The van der Waals surface area contributed by atoms with Crippen LogP contribution in [0.25, 0.3) is 0 Å². The maximum absolute atomic E-state index is 14.6. The van der Waals surface area contributed by atoms with Crippen LogP contribution in [0.15, 0.2) is 115 Å². The summed E-state index contributed by atoms with van der Waals surface area (Å²) in [5.74, 6) is -1.10. The van der Waals surface area contributed by atoms with Gasteiger partial charge in [0.2, 0.25) is 3.79 Å². The molecule has 0 spiro atoms. The number of hydrogen-bond acceptors (Lipinski definition) is 3. The van der Waals surface area contributed by atoms with E-state index >= 15 is 0 Å². The van der Waals surface area contributed by atoms with E-state index in [0.717, 1.165) is 21.5 Å². The second-order valence-electron chi connectivity index (χ2n) is 8.85. The van der Waals surface area contributed by atoms with Crippen LogP contribution in [0.4, 0.5) is 0 Å². The van der Waals surface area contributed by atoms with Gasteiger partial charge in [-0.05, 0) is 29.7 Å².